The van der Waals surface area contributed by atoms with Crippen LogP contribution in [-0.4, -0.2) is 177 Å². The van der Waals surface area contributed by atoms with Crippen molar-refractivity contribution in [2.75, 3.05) is 102 Å². The fourth-order valence-corrected chi connectivity index (χ4v) is 21.6. The highest BCUT2D eigenvalue weighted by molar-refractivity contribution is 6.90. The first-order valence-electron chi connectivity index (χ1n) is 34.2. The van der Waals surface area contributed by atoms with E-state index in [0.29, 0.717) is 77.6 Å². The number of piperidine rings is 1. The molecule has 22 heteroatoms. The number of piperazine rings is 2. The van der Waals surface area contributed by atoms with Gasteiger partial charge in [-0.3, -0.25) is 29.7 Å². The van der Waals surface area contributed by atoms with Crippen molar-refractivity contribution >= 4 is 65.2 Å². The summed E-state index contributed by atoms with van der Waals surface area (Å²) in [7, 11) is -0.840. The number of fused-ring (bicyclic) bond motifs is 4. The Kier molecular flexibility index (Phi) is 19.1. The maximum atomic E-state index is 18.3. The minimum Gasteiger partial charge on any atom is -0.468 e. The first-order chi connectivity index (χ1) is 44.9. The number of halogens is 3. The summed E-state index contributed by atoms with van der Waals surface area (Å²) < 4.78 is 73.8. The van der Waals surface area contributed by atoms with E-state index in [2.05, 4.69) is 73.0 Å². The Morgan fingerprint density at radius 1 is 0.787 bits per heavy atom. The fraction of sp³-hybridized carbons (Fsp3) is 0.597. The molecule has 7 heterocycles. The Morgan fingerprint density at radius 3 is 2.10 bits per heavy atom. The van der Waals surface area contributed by atoms with Gasteiger partial charge in [0.25, 0.3) is 5.91 Å². The molecule has 2 bridgehead atoms. The zero-order valence-electron chi connectivity index (χ0n) is 56.5. The first-order valence-corrected chi connectivity index (χ1v) is 36.4. The number of carbonyl (C=O) groups is 4. The molecule has 1 N–H and O–H groups in total. The molecule has 2 aromatic heterocycles. The second-order valence-electron chi connectivity index (χ2n) is 29.9. The molecule has 2 unspecified atom stereocenters. The Balaban J connectivity index is 0.737. The number of hydrogen-bond acceptors (Lipinski definition) is 14. The predicted molar refractivity (Wildman–Crippen MR) is 359 cm³/mol. The van der Waals surface area contributed by atoms with Crippen molar-refractivity contribution < 1.29 is 51.3 Å². The third-order valence-corrected chi connectivity index (χ3v) is 28.0. The van der Waals surface area contributed by atoms with Crippen LogP contribution in [0.3, 0.4) is 0 Å². The molecule has 5 saturated heterocycles. The number of pyridine rings is 1. The predicted octanol–water partition coefficient (Wildman–Crippen LogP) is 12.7. The number of rotatable bonds is 17. The van der Waals surface area contributed by atoms with E-state index in [1.807, 2.05) is 30.6 Å². The van der Waals surface area contributed by atoms with Gasteiger partial charge < -0.3 is 38.5 Å². The van der Waals surface area contributed by atoms with Crippen molar-refractivity contribution in [3.05, 3.63) is 77.2 Å². The van der Waals surface area contributed by atoms with Crippen LogP contribution in [0.2, 0.25) is 16.6 Å². The number of carbonyl (C=O) groups excluding carboxylic acids is 4. The molecule has 2 atom stereocenters. The number of imide groups is 1. The van der Waals surface area contributed by atoms with E-state index in [0.717, 1.165) is 103 Å². The molecule has 18 nitrogen and oxygen atoms in total. The van der Waals surface area contributed by atoms with Crippen molar-refractivity contribution in [2.24, 2.45) is 16.7 Å². The molecule has 5 aliphatic heterocycles. The third kappa shape index (κ3) is 13.7. The summed E-state index contributed by atoms with van der Waals surface area (Å²) in [6, 6.07) is 9.70. The van der Waals surface area contributed by atoms with E-state index in [1.54, 1.807) is 24.4 Å². The number of ether oxygens (including phenoxy) is 4. The standard InChI is InChI=1S/C72H93F3N10O8Si/c1-45(2)94(46(3)4,47(5)6)34-20-54-57(73)15-11-49-35-53(92-44-90-10)37-55(61(49)54)63-62(75)64-56(38-76-63)65(83-40-51-13-14-52(41-83)85(51)69(89)93-70(7,8)9)79-67(78-64)91-43-72(23-24-72)42-81-32-30-80(31-33-81)39-48-17-21-71(22-18-48)25-28-82(29-26-71)66(87)50-12-16-58(74)59(36-50)84-27-19-60(86)77-68(84)88/h11-12,15-16,35-38,45-48,51-52H,13-14,17-19,21-33,39-44H2,1-10H3,(H,77,86,88). The largest absolute Gasteiger partial charge is 0.468 e. The average Bonchev–Trinajstić information content (AvgIpc) is 1.11. The molecule has 2 saturated carbocycles. The maximum absolute atomic E-state index is 18.3. The number of methoxy groups -OCH3 is 1. The lowest BCUT2D eigenvalue weighted by molar-refractivity contribution is -0.120. The van der Waals surface area contributed by atoms with Crippen LogP contribution in [0, 0.1) is 45.7 Å². The van der Waals surface area contributed by atoms with Gasteiger partial charge in [-0.2, -0.15) is 9.97 Å². The summed E-state index contributed by atoms with van der Waals surface area (Å²) in [4.78, 5) is 78.8. The summed E-state index contributed by atoms with van der Waals surface area (Å²) in [6.07, 6.45) is 11.3. The zero-order chi connectivity index (χ0) is 66.6. The number of nitrogens with zero attached hydrogens (tertiary/aromatic N) is 9. The van der Waals surface area contributed by atoms with E-state index < -0.39 is 43.1 Å². The van der Waals surface area contributed by atoms with Crippen LogP contribution >= 0.6 is 0 Å². The quantitative estimate of drug-likeness (QED) is 0.0529. The van der Waals surface area contributed by atoms with Crippen molar-refractivity contribution in [2.45, 2.75) is 167 Å². The van der Waals surface area contributed by atoms with E-state index in [1.165, 1.54) is 36.3 Å². The SMILES string of the molecule is COCOc1cc(-c2ncc3c(N4CC5CCC(C4)N5C(=O)OC(C)(C)C)nc(OCC4(CN5CCN(CC6CCC7(CC6)CCN(C(=O)c6ccc(F)c(N8CCC(=O)NC8=O)c6)CC7)CC5)CC4)nc3c2F)c2c(C#C[Si](C(C)C)(C(C)C)C(C)C)c(F)ccc2c1. The van der Waals surface area contributed by atoms with Gasteiger partial charge >= 0.3 is 18.1 Å². The first kappa shape index (κ1) is 66.9. The topological polar surface area (TPSA) is 175 Å². The van der Waals surface area contributed by atoms with E-state index in [4.69, 9.17) is 33.9 Å². The van der Waals surface area contributed by atoms with Gasteiger partial charge in [-0.25, -0.2) is 22.8 Å². The Bertz CT molecular complexity index is 3730. The Morgan fingerprint density at radius 2 is 1.46 bits per heavy atom. The fourth-order valence-electron chi connectivity index (χ4n) is 16.4. The number of amides is 5. The number of nitrogens with one attached hydrogen (secondary N) is 1. The maximum Gasteiger partial charge on any atom is 0.410 e. The zero-order valence-corrected chi connectivity index (χ0v) is 57.5. The van der Waals surface area contributed by atoms with Crippen LogP contribution in [0.25, 0.3) is 32.9 Å². The summed E-state index contributed by atoms with van der Waals surface area (Å²) in [6.45, 7) is 27.1. The van der Waals surface area contributed by atoms with Crippen molar-refractivity contribution in [3.63, 3.8) is 0 Å². The summed E-state index contributed by atoms with van der Waals surface area (Å²) in [5, 5.41) is 3.64. The van der Waals surface area contributed by atoms with Gasteiger partial charge in [-0.15, -0.1) is 5.54 Å². The van der Waals surface area contributed by atoms with Crippen LogP contribution in [-0.2, 0) is 14.3 Å². The van der Waals surface area contributed by atoms with Crippen LogP contribution in [0.5, 0.6) is 11.8 Å². The summed E-state index contributed by atoms with van der Waals surface area (Å²) in [5.74, 6) is 2.40. The number of anilines is 2. The van der Waals surface area contributed by atoms with Gasteiger partial charge in [-0.05, 0) is 155 Å². The molecule has 5 amide bonds. The lowest BCUT2D eigenvalue weighted by atomic mass is 9.65. The van der Waals surface area contributed by atoms with Crippen LogP contribution in [0.1, 0.15) is 149 Å². The summed E-state index contributed by atoms with van der Waals surface area (Å²) in [5.41, 5.74) is 4.76. The summed E-state index contributed by atoms with van der Waals surface area (Å²) >= 11 is 0. The lowest BCUT2D eigenvalue weighted by Crippen LogP contribution is -2.57. The number of benzene rings is 3. The highest BCUT2D eigenvalue weighted by atomic mass is 28.3. The monoisotopic (exact) mass is 1310 g/mol. The molecule has 94 heavy (non-hydrogen) atoms. The number of hydrogen-bond donors (Lipinski definition) is 1. The second kappa shape index (κ2) is 26.9. The van der Waals surface area contributed by atoms with E-state index in [-0.39, 0.29) is 99.8 Å². The smallest absolute Gasteiger partial charge is 0.410 e. The minimum atomic E-state index is -2.36. The normalized spacial score (nSPS) is 21.2. The van der Waals surface area contributed by atoms with Crippen molar-refractivity contribution in [1.29, 1.82) is 0 Å². The molecule has 12 rings (SSSR count). The molecule has 1 spiro atoms. The molecule has 7 aliphatic rings. The van der Waals surface area contributed by atoms with Crippen LogP contribution in [0.4, 0.5) is 34.3 Å². The van der Waals surface area contributed by atoms with Gasteiger partial charge in [0.15, 0.2) is 12.6 Å². The lowest BCUT2D eigenvalue weighted by Gasteiger charge is -2.47. The van der Waals surface area contributed by atoms with E-state index >= 15 is 8.78 Å². The second-order valence-corrected chi connectivity index (χ2v) is 35.5. The molecule has 504 valence electrons. The minimum absolute atomic E-state index is 0.00132. The number of aromatic nitrogens is 3. The molecule has 5 aromatic rings. The van der Waals surface area contributed by atoms with Crippen LogP contribution < -0.4 is 24.6 Å². The van der Waals surface area contributed by atoms with E-state index in [9.17, 15) is 23.6 Å². The third-order valence-electron chi connectivity index (χ3n) is 21.8. The molecular formula is C72H93F3N10O8Si. The highest BCUT2D eigenvalue weighted by Gasteiger charge is 2.48. The Hall–Kier alpha value is -7.06. The highest BCUT2D eigenvalue weighted by Crippen LogP contribution is 2.50. The molecule has 3 aromatic carbocycles. The van der Waals surface area contributed by atoms with Gasteiger partial charge in [-0.1, -0.05) is 53.5 Å². The molecule has 0 radical (unpaired) electrons. The molecular weight excluding hydrogens is 1220 g/mol. The Labute approximate surface area is 551 Å². The van der Waals surface area contributed by atoms with Crippen molar-refractivity contribution in [1.82, 2.24) is 39.9 Å². The van der Waals surface area contributed by atoms with Gasteiger partial charge in [0.1, 0.15) is 48.1 Å². The number of urea groups is 1. The van der Waals surface area contributed by atoms with Gasteiger partial charge in [0.05, 0.1) is 35.3 Å². The van der Waals surface area contributed by atoms with Crippen molar-refractivity contribution in [3.8, 4) is 34.5 Å². The van der Waals surface area contributed by atoms with Crippen LogP contribution in [0.15, 0.2) is 48.7 Å². The molecule has 7 fully saturated rings. The number of likely N-dealkylation sites (tertiary alicyclic amines) is 1. The van der Waals surface area contributed by atoms with Gasteiger partial charge in [0, 0.05) is 114 Å². The van der Waals surface area contributed by atoms with Gasteiger partial charge in [0.2, 0.25) is 5.91 Å². The molecule has 2 aliphatic carbocycles. The average molecular weight is 1310 g/mol.